The highest BCUT2D eigenvalue weighted by molar-refractivity contribution is 6.09. The van der Waals surface area contributed by atoms with Crippen LogP contribution in [0.1, 0.15) is 21.6 Å². The van der Waals surface area contributed by atoms with Crippen molar-refractivity contribution in [3.8, 4) is 0 Å². The third-order valence-electron chi connectivity index (χ3n) is 6.12. The number of nitrogens with zero attached hydrogens (tertiary/aromatic N) is 2. The topological polar surface area (TPSA) is 126 Å². The molecule has 3 aliphatic rings. The van der Waals surface area contributed by atoms with Gasteiger partial charge in [-0.3, -0.25) is 24.1 Å². The number of imide groups is 1. The van der Waals surface area contributed by atoms with Crippen LogP contribution in [0.2, 0.25) is 0 Å². The fraction of sp³-hybridized carbons (Fsp3) is 0.261. The lowest BCUT2D eigenvalue weighted by Gasteiger charge is -2.29. The summed E-state index contributed by atoms with van der Waals surface area (Å²) in [7, 11) is 0. The Bertz CT molecular complexity index is 1210. The molecule has 0 unspecified atom stereocenters. The van der Waals surface area contributed by atoms with Gasteiger partial charge in [-0.2, -0.15) is 0 Å². The molecule has 2 saturated heterocycles. The minimum atomic E-state index is -1.26. The first-order valence-electron chi connectivity index (χ1n) is 10.1. The Morgan fingerprint density at radius 2 is 1.97 bits per heavy atom. The molecule has 1 aromatic heterocycles. The van der Waals surface area contributed by atoms with Crippen LogP contribution < -0.4 is 5.32 Å². The Kier molecular flexibility index (Phi) is 4.45. The van der Waals surface area contributed by atoms with Crippen molar-refractivity contribution in [2.45, 2.75) is 18.6 Å². The van der Waals surface area contributed by atoms with E-state index in [0.717, 1.165) is 10.6 Å². The largest absolute Gasteiger partial charge is 0.480 e. The van der Waals surface area contributed by atoms with E-state index in [-0.39, 0.29) is 5.91 Å². The first-order valence-corrected chi connectivity index (χ1v) is 10.1. The number of ether oxygens (including phenoxy) is 1. The molecule has 9 heteroatoms. The van der Waals surface area contributed by atoms with Crippen molar-refractivity contribution < 1.29 is 29.0 Å². The number of anilines is 1. The number of aryl methyl sites for hydroxylation is 1. The molecule has 3 aliphatic heterocycles. The van der Waals surface area contributed by atoms with Crippen LogP contribution >= 0.6 is 0 Å². The predicted molar refractivity (Wildman–Crippen MR) is 110 cm³/mol. The molecule has 32 heavy (non-hydrogen) atoms. The average molecular weight is 433 g/mol. The first-order chi connectivity index (χ1) is 15.3. The molecule has 4 heterocycles. The van der Waals surface area contributed by atoms with Gasteiger partial charge in [0.25, 0.3) is 5.91 Å². The normalized spacial score (nSPS) is 27.7. The highest BCUT2D eigenvalue weighted by Crippen LogP contribution is 2.56. The molecule has 4 atom stereocenters. The number of benzene rings is 1. The molecule has 0 spiro atoms. The van der Waals surface area contributed by atoms with Crippen LogP contribution in [0.15, 0.2) is 54.6 Å². The van der Waals surface area contributed by atoms with Gasteiger partial charge in [0.2, 0.25) is 11.8 Å². The second-order valence-corrected chi connectivity index (χ2v) is 8.09. The van der Waals surface area contributed by atoms with Gasteiger partial charge in [-0.15, -0.1) is 0 Å². The smallest absolute Gasteiger partial charge is 0.323 e. The van der Waals surface area contributed by atoms with Crippen molar-refractivity contribution in [2.24, 2.45) is 11.8 Å². The van der Waals surface area contributed by atoms with Gasteiger partial charge in [-0.25, -0.2) is 4.98 Å². The molecule has 162 valence electrons. The van der Waals surface area contributed by atoms with E-state index in [1.54, 1.807) is 48.6 Å². The number of pyridine rings is 1. The molecule has 3 amide bonds. The van der Waals surface area contributed by atoms with Crippen molar-refractivity contribution in [1.29, 1.82) is 0 Å². The lowest BCUT2D eigenvalue weighted by atomic mass is 9.73. The molecule has 0 aliphatic carbocycles. The number of nitrogens with one attached hydrogen (secondary N) is 1. The number of aliphatic carboxylic acids is 1. The second-order valence-electron chi connectivity index (χ2n) is 8.09. The summed E-state index contributed by atoms with van der Waals surface area (Å²) in [6.45, 7) is 1.14. The third-order valence-corrected chi connectivity index (χ3v) is 6.12. The van der Waals surface area contributed by atoms with E-state index >= 15 is 0 Å². The standard InChI is InChI=1S/C23H19N3O6/c1-12-4-2-7-16(24-12)25-20(29)13-5-3-6-14(10-13)23-9-8-15(32-23)18-19(23)22(31)26(21(18)30)11-17(27)28/h2-10,15,18-19H,11H2,1H3,(H,27,28)(H,24,25,29)/t15-,18-,19+,23-/m1/s1. The number of amides is 3. The molecular weight excluding hydrogens is 414 g/mol. The molecule has 9 nitrogen and oxygen atoms in total. The van der Waals surface area contributed by atoms with Crippen LogP contribution in [-0.4, -0.2) is 51.3 Å². The lowest BCUT2D eigenvalue weighted by molar-refractivity contribution is -0.152. The van der Waals surface area contributed by atoms with Crippen LogP contribution in [0, 0.1) is 18.8 Å². The maximum absolute atomic E-state index is 13.0. The van der Waals surface area contributed by atoms with E-state index in [0.29, 0.717) is 16.9 Å². The number of hydrogen-bond acceptors (Lipinski definition) is 6. The zero-order valence-electron chi connectivity index (χ0n) is 17.0. The fourth-order valence-corrected chi connectivity index (χ4v) is 4.78. The van der Waals surface area contributed by atoms with E-state index in [9.17, 15) is 19.2 Å². The number of hydrogen-bond donors (Lipinski definition) is 2. The Morgan fingerprint density at radius 1 is 1.19 bits per heavy atom. The number of likely N-dealkylation sites (tertiary alicyclic amines) is 1. The SMILES string of the molecule is Cc1cccc(NC(=O)c2cccc([C@@]34C=C[C@@H](O3)[C@H]3C(=O)N(CC(=O)O)C(=O)[C@H]34)c2)n1. The van der Waals surface area contributed by atoms with Crippen LogP contribution in [0.4, 0.5) is 5.82 Å². The Balaban J connectivity index is 1.47. The summed E-state index contributed by atoms with van der Waals surface area (Å²) < 4.78 is 6.10. The number of carbonyl (C=O) groups is 4. The van der Waals surface area contributed by atoms with Crippen molar-refractivity contribution in [1.82, 2.24) is 9.88 Å². The van der Waals surface area contributed by atoms with Gasteiger partial charge in [0, 0.05) is 11.3 Å². The average Bonchev–Trinajstić information content (AvgIpc) is 3.41. The van der Waals surface area contributed by atoms with Crippen LogP contribution in [0.25, 0.3) is 0 Å². The van der Waals surface area contributed by atoms with Crippen molar-refractivity contribution in [3.05, 3.63) is 71.4 Å². The second kappa shape index (κ2) is 7.10. The maximum Gasteiger partial charge on any atom is 0.323 e. The number of carbonyl (C=O) groups excluding carboxylic acids is 3. The molecule has 0 saturated carbocycles. The monoisotopic (exact) mass is 433 g/mol. The summed E-state index contributed by atoms with van der Waals surface area (Å²) in [6.07, 6.45) is 2.83. The van der Waals surface area contributed by atoms with Gasteiger partial charge in [0.1, 0.15) is 18.0 Å². The molecule has 2 bridgehead atoms. The van der Waals surface area contributed by atoms with E-state index < -0.39 is 47.9 Å². The molecule has 2 N–H and O–H groups in total. The van der Waals surface area contributed by atoms with E-state index in [2.05, 4.69) is 10.3 Å². The number of rotatable bonds is 5. The van der Waals surface area contributed by atoms with Gasteiger partial charge in [-0.05, 0) is 42.8 Å². The van der Waals surface area contributed by atoms with Gasteiger partial charge in [0.05, 0.1) is 17.9 Å². The highest BCUT2D eigenvalue weighted by Gasteiger charge is 2.68. The van der Waals surface area contributed by atoms with Crippen molar-refractivity contribution in [3.63, 3.8) is 0 Å². The predicted octanol–water partition coefficient (Wildman–Crippen LogP) is 1.49. The van der Waals surface area contributed by atoms with Crippen molar-refractivity contribution in [2.75, 3.05) is 11.9 Å². The van der Waals surface area contributed by atoms with Gasteiger partial charge in [-0.1, -0.05) is 24.3 Å². The Labute approximate surface area is 182 Å². The van der Waals surface area contributed by atoms with E-state index in [4.69, 9.17) is 9.84 Å². The number of carboxylic acid groups (broad SMARTS) is 1. The molecule has 1 aromatic carbocycles. The number of fused-ring (bicyclic) bond motifs is 5. The number of aromatic nitrogens is 1. The Hall–Kier alpha value is -3.85. The summed E-state index contributed by atoms with van der Waals surface area (Å²) >= 11 is 0. The van der Waals surface area contributed by atoms with Crippen molar-refractivity contribution >= 4 is 29.5 Å². The first kappa shape index (κ1) is 20.1. The molecule has 0 radical (unpaired) electrons. The summed E-state index contributed by atoms with van der Waals surface area (Å²) in [6, 6.07) is 12.0. The van der Waals surface area contributed by atoms with Crippen LogP contribution in [-0.2, 0) is 24.7 Å². The quantitative estimate of drug-likeness (QED) is 0.540. The minimum Gasteiger partial charge on any atom is -0.480 e. The third kappa shape index (κ3) is 2.93. The molecular formula is C23H19N3O6. The highest BCUT2D eigenvalue weighted by atomic mass is 16.5. The van der Waals surface area contributed by atoms with E-state index in [1.165, 1.54) is 0 Å². The van der Waals surface area contributed by atoms with Crippen LogP contribution in [0.5, 0.6) is 0 Å². The van der Waals surface area contributed by atoms with E-state index in [1.807, 2.05) is 13.0 Å². The van der Waals surface area contributed by atoms with Crippen LogP contribution in [0.3, 0.4) is 0 Å². The minimum absolute atomic E-state index is 0.336. The van der Waals surface area contributed by atoms with Gasteiger partial charge < -0.3 is 15.2 Å². The maximum atomic E-state index is 13.0. The van der Waals surface area contributed by atoms with Gasteiger partial charge >= 0.3 is 5.97 Å². The molecule has 5 rings (SSSR count). The lowest BCUT2D eigenvalue weighted by Crippen LogP contribution is -2.41. The molecule has 2 fully saturated rings. The fourth-order valence-electron chi connectivity index (χ4n) is 4.78. The summed E-state index contributed by atoms with van der Waals surface area (Å²) in [5, 5.41) is 11.8. The zero-order chi connectivity index (χ0) is 22.6. The summed E-state index contributed by atoms with van der Waals surface area (Å²) in [4.78, 5) is 54.8. The summed E-state index contributed by atoms with van der Waals surface area (Å²) in [5.41, 5.74) is 0.418. The number of carboxylic acids is 1. The Morgan fingerprint density at radius 3 is 2.72 bits per heavy atom. The summed E-state index contributed by atoms with van der Waals surface area (Å²) in [5.74, 6) is -3.99. The molecule has 2 aromatic rings. The van der Waals surface area contributed by atoms with Gasteiger partial charge in [0.15, 0.2) is 0 Å². The zero-order valence-corrected chi connectivity index (χ0v) is 17.0.